The van der Waals surface area contributed by atoms with Crippen LogP contribution in [0.2, 0.25) is 0 Å². The van der Waals surface area contributed by atoms with E-state index >= 15 is 0 Å². The van der Waals surface area contributed by atoms with Gasteiger partial charge in [-0.05, 0) is 26.2 Å². The first kappa shape index (κ1) is 12.9. The Labute approximate surface area is 86.6 Å². The number of ether oxygens (including phenoxy) is 1. The van der Waals surface area contributed by atoms with Crippen molar-refractivity contribution in [3.05, 3.63) is 24.8 Å². The standard InChI is InChI=1S/C12H20O2/c1-3-5-6-7-8-9-10-11-12(13)14-4-2/h3,5-6H,1,4,7-11H2,2H3/b6-5+. The molecule has 0 atom stereocenters. The number of esters is 1. The highest BCUT2D eigenvalue weighted by atomic mass is 16.5. The van der Waals surface area contributed by atoms with Crippen molar-refractivity contribution in [2.75, 3.05) is 6.61 Å². The summed E-state index contributed by atoms with van der Waals surface area (Å²) in [5.74, 6) is -0.0749. The van der Waals surface area contributed by atoms with E-state index in [0.717, 1.165) is 25.7 Å². The smallest absolute Gasteiger partial charge is 0.305 e. The maximum absolute atomic E-state index is 10.9. The Morgan fingerprint density at radius 1 is 1.36 bits per heavy atom. The van der Waals surface area contributed by atoms with Crippen LogP contribution in [0.5, 0.6) is 0 Å². The molecule has 0 aromatic carbocycles. The first-order valence-corrected chi connectivity index (χ1v) is 5.24. The Bertz CT molecular complexity index is 183. The van der Waals surface area contributed by atoms with Gasteiger partial charge in [-0.25, -0.2) is 0 Å². The minimum Gasteiger partial charge on any atom is -0.466 e. The van der Waals surface area contributed by atoms with Crippen molar-refractivity contribution >= 4 is 5.97 Å². The van der Waals surface area contributed by atoms with Gasteiger partial charge in [-0.15, -0.1) is 0 Å². The lowest BCUT2D eigenvalue weighted by Gasteiger charge is -2.00. The van der Waals surface area contributed by atoms with Gasteiger partial charge in [0.1, 0.15) is 0 Å². The van der Waals surface area contributed by atoms with Gasteiger partial charge in [-0.1, -0.05) is 31.2 Å². The molecule has 0 amide bonds. The highest BCUT2D eigenvalue weighted by Crippen LogP contribution is 2.04. The number of carbonyl (C=O) groups is 1. The Balaban J connectivity index is 3.16. The minimum absolute atomic E-state index is 0.0749. The molecule has 0 rings (SSSR count). The van der Waals surface area contributed by atoms with Gasteiger partial charge in [0, 0.05) is 6.42 Å². The number of rotatable bonds is 8. The van der Waals surface area contributed by atoms with Crippen LogP contribution < -0.4 is 0 Å². The van der Waals surface area contributed by atoms with Crippen molar-refractivity contribution in [3.8, 4) is 0 Å². The van der Waals surface area contributed by atoms with E-state index in [1.165, 1.54) is 0 Å². The molecule has 0 bridgehead atoms. The molecule has 0 aromatic heterocycles. The van der Waals surface area contributed by atoms with Gasteiger partial charge in [-0.3, -0.25) is 4.79 Å². The van der Waals surface area contributed by atoms with Crippen molar-refractivity contribution in [3.63, 3.8) is 0 Å². The molecule has 0 spiro atoms. The molecule has 14 heavy (non-hydrogen) atoms. The second kappa shape index (κ2) is 10.0. The van der Waals surface area contributed by atoms with Gasteiger partial charge < -0.3 is 4.74 Å². The van der Waals surface area contributed by atoms with E-state index in [1.54, 1.807) is 6.08 Å². The topological polar surface area (TPSA) is 26.3 Å². The molecule has 0 N–H and O–H groups in total. The molecular weight excluding hydrogens is 176 g/mol. The van der Waals surface area contributed by atoms with Gasteiger partial charge >= 0.3 is 5.97 Å². The summed E-state index contributed by atoms with van der Waals surface area (Å²) >= 11 is 0. The summed E-state index contributed by atoms with van der Waals surface area (Å²) in [6.07, 6.45) is 10.6. The lowest BCUT2D eigenvalue weighted by Crippen LogP contribution is -2.02. The number of hydrogen-bond donors (Lipinski definition) is 0. The van der Waals surface area contributed by atoms with E-state index in [0.29, 0.717) is 13.0 Å². The fourth-order valence-corrected chi connectivity index (χ4v) is 1.13. The van der Waals surface area contributed by atoms with Gasteiger partial charge in [0.25, 0.3) is 0 Å². The number of unbranched alkanes of at least 4 members (excludes halogenated alkanes) is 3. The molecule has 0 saturated heterocycles. The highest BCUT2D eigenvalue weighted by molar-refractivity contribution is 5.69. The van der Waals surface area contributed by atoms with Crippen LogP contribution in [0, 0.1) is 0 Å². The Morgan fingerprint density at radius 2 is 2.14 bits per heavy atom. The Kier molecular flexibility index (Phi) is 9.28. The monoisotopic (exact) mass is 196 g/mol. The van der Waals surface area contributed by atoms with Crippen LogP contribution >= 0.6 is 0 Å². The van der Waals surface area contributed by atoms with E-state index in [2.05, 4.69) is 12.7 Å². The quantitative estimate of drug-likeness (QED) is 0.338. The van der Waals surface area contributed by atoms with Crippen molar-refractivity contribution in [1.29, 1.82) is 0 Å². The normalized spacial score (nSPS) is 10.4. The first-order valence-electron chi connectivity index (χ1n) is 5.24. The zero-order chi connectivity index (χ0) is 10.6. The average Bonchev–Trinajstić information content (AvgIpc) is 2.17. The molecule has 0 aliphatic carbocycles. The fourth-order valence-electron chi connectivity index (χ4n) is 1.13. The van der Waals surface area contributed by atoms with E-state index in [9.17, 15) is 4.79 Å². The van der Waals surface area contributed by atoms with Gasteiger partial charge in [-0.2, -0.15) is 0 Å². The Morgan fingerprint density at radius 3 is 2.79 bits per heavy atom. The highest BCUT2D eigenvalue weighted by Gasteiger charge is 1.99. The molecule has 0 unspecified atom stereocenters. The summed E-state index contributed by atoms with van der Waals surface area (Å²) in [6.45, 7) is 5.91. The summed E-state index contributed by atoms with van der Waals surface area (Å²) in [6, 6.07) is 0. The Hall–Kier alpha value is -1.05. The third kappa shape index (κ3) is 9.04. The molecule has 2 nitrogen and oxygen atoms in total. The summed E-state index contributed by atoms with van der Waals surface area (Å²) in [5, 5.41) is 0. The number of carbonyl (C=O) groups excluding carboxylic acids is 1. The SMILES string of the molecule is C=C/C=C/CCCCCC(=O)OCC. The fraction of sp³-hybridized carbons (Fsp3) is 0.583. The average molecular weight is 196 g/mol. The second-order valence-electron chi connectivity index (χ2n) is 3.07. The van der Waals surface area contributed by atoms with Crippen LogP contribution in [0.1, 0.15) is 39.0 Å². The first-order chi connectivity index (χ1) is 6.81. The lowest BCUT2D eigenvalue weighted by molar-refractivity contribution is -0.143. The van der Waals surface area contributed by atoms with E-state index in [1.807, 2.05) is 13.0 Å². The third-order valence-corrected chi connectivity index (χ3v) is 1.83. The number of hydrogen-bond acceptors (Lipinski definition) is 2. The van der Waals surface area contributed by atoms with E-state index < -0.39 is 0 Å². The molecule has 0 aliphatic heterocycles. The molecule has 2 heteroatoms. The van der Waals surface area contributed by atoms with Crippen molar-refractivity contribution in [2.45, 2.75) is 39.0 Å². The molecular formula is C12H20O2. The minimum atomic E-state index is -0.0749. The lowest BCUT2D eigenvalue weighted by atomic mass is 10.1. The summed E-state index contributed by atoms with van der Waals surface area (Å²) in [5.41, 5.74) is 0. The maximum atomic E-state index is 10.9. The molecule has 0 saturated carbocycles. The van der Waals surface area contributed by atoms with Gasteiger partial charge in [0.2, 0.25) is 0 Å². The van der Waals surface area contributed by atoms with Gasteiger partial charge in [0.05, 0.1) is 6.61 Å². The second-order valence-corrected chi connectivity index (χ2v) is 3.07. The zero-order valence-electron chi connectivity index (χ0n) is 9.00. The van der Waals surface area contributed by atoms with Crippen LogP contribution in [-0.4, -0.2) is 12.6 Å². The van der Waals surface area contributed by atoms with Crippen molar-refractivity contribution in [1.82, 2.24) is 0 Å². The largest absolute Gasteiger partial charge is 0.466 e. The molecule has 80 valence electrons. The molecule has 0 fully saturated rings. The molecule has 0 heterocycles. The molecule has 0 radical (unpaired) electrons. The van der Waals surface area contributed by atoms with Crippen molar-refractivity contribution in [2.24, 2.45) is 0 Å². The van der Waals surface area contributed by atoms with Crippen LogP contribution in [0.15, 0.2) is 24.8 Å². The maximum Gasteiger partial charge on any atom is 0.305 e. The summed E-state index contributed by atoms with van der Waals surface area (Å²) in [7, 11) is 0. The summed E-state index contributed by atoms with van der Waals surface area (Å²) < 4.78 is 4.82. The summed E-state index contributed by atoms with van der Waals surface area (Å²) in [4.78, 5) is 10.9. The third-order valence-electron chi connectivity index (χ3n) is 1.83. The van der Waals surface area contributed by atoms with Crippen molar-refractivity contribution < 1.29 is 9.53 Å². The van der Waals surface area contributed by atoms with E-state index in [-0.39, 0.29) is 5.97 Å². The predicted octanol–water partition coefficient (Wildman–Crippen LogP) is 3.24. The van der Waals surface area contributed by atoms with Crippen LogP contribution in [0.3, 0.4) is 0 Å². The predicted molar refractivity (Wildman–Crippen MR) is 59.1 cm³/mol. The van der Waals surface area contributed by atoms with E-state index in [4.69, 9.17) is 4.74 Å². The van der Waals surface area contributed by atoms with Gasteiger partial charge in [0.15, 0.2) is 0 Å². The molecule has 0 aliphatic rings. The van der Waals surface area contributed by atoms with Crippen LogP contribution in [0.25, 0.3) is 0 Å². The van der Waals surface area contributed by atoms with Crippen LogP contribution in [0.4, 0.5) is 0 Å². The zero-order valence-corrected chi connectivity index (χ0v) is 9.00. The number of allylic oxidation sites excluding steroid dienone is 3. The van der Waals surface area contributed by atoms with Crippen LogP contribution in [-0.2, 0) is 9.53 Å². The molecule has 0 aromatic rings.